The van der Waals surface area contributed by atoms with Crippen LogP contribution in [0.2, 0.25) is 0 Å². The Morgan fingerprint density at radius 1 is 1.21 bits per heavy atom. The van der Waals surface area contributed by atoms with E-state index in [2.05, 4.69) is 15.0 Å². The molecule has 1 N–H and O–H groups in total. The second kappa shape index (κ2) is 5.62. The van der Waals surface area contributed by atoms with Crippen LogP contribution in [0.5, 0.6) is 0 Å². The van der Waals surface area contributed by atoms with Crippen molar-refractivity contribution in [1.82, 2.24) is 4.98 Å². The summed E-state index contributed by atoms with van der Waals surface area (Å²) in [6.07, 6.45) is 1.70. The third kappa shape index (κ3) is 3.17. The average molecular weight is 276 g/mol. The fourth-order valence-electron chi connectivity index (χ4n) is 1.46. The second-order valence-electron chi connectivity index (χ2n) is 3.80. The summed E-state index contributed by atoms with van der Waals surface area (Å²) in [6, 6.07) is 6.24. The molecule has 0 aliphatic rings. The molecule has 1 heterocycles. The predicted octanol–water partition coefficient (Wildman–Crippen LogP) is 2.49. The monoisotopic (exact) mass is 276 g/mol. The summed E-state index contributed by atoms with van der Waals surface area (Å²) in [7, 11) is 1.31. The standard InChI is InChI=1S/C13H12N2O3S/c1-8-7-14-13(19-8)15-11(16)9-3-5-10(6-4-9)12(17)18-2/h3-7H,1-2H3,(H,14,15,16). The lowest BCUT2D eigenvalue weighted by molar-refractivity contribution is 0.0600. The Bertz CT molecular complexity index is 605. The van der Waals surface area contributed by atoms with E-state index in [1.807, 2.05) is 6.92 Å². The van der Waals surface area contributed by atoms with Crippen molar-refractivity contribution in [2.45, 2.75) is 6.92 Å². The number of thiazole rings is 1. The van der Waals surface area contributed by atoms with Crippen LogP contribution < -0.4 is 5.32 Å². The second-order valence-corrected chi connectivity index (χ2v) is 5.03. The Hall–Kier alpha value is -2.21. The van der Waals surface area contributed by atoms with Crippen LogP contribution in [-0.2, 0) is 4.74 Å². The molecule has 0 saturated carbocycles. The number of ether oxygens (including phenoxy) is 1. The largest absolute Gasteiger partial charge is 0.465 e. The van der Waals surface area contributed by atoms with E-state index in [0.29, 0.717) is 16.3 Å². The first kappa shape index (κ1) is 13.2. The van der Waals surface area contributed by atoms with Crippen LogP contribution in [0.3, 0.4) is 0 Å². The van der Waals surface area contributed by atoms with Crippen LogP contribution in [0.1, 0.15) is 25.6 Å². The zero-order chi connectivity index (χ0) is 13.8. The number of hydrogen-bond acceptors (Lipinski definition) is 5. The van der Waals surface area contributed by atoms with Gasteiger partial charge in [-0.15, -0.1) is 11.3 Å². The van der Waals surface area contributed by atoms with Gasteiger partial charge in [-0.1, -0.05) is 0 Å². The number of hydrogen-bond donors (Lipinski definition) is 1. The number of rotatable bonds is 3. The highest BCUT2D eigenvalue weighted by atomic mass is 32.1. The number of carbonyl (C=O) groups is 2. The minimum absolute atomic E-state index is 0.259. The number of aryl methyl sites for hydroxylation is 1. The van der Waals surface area contributed by atoms with Crippen LogP contribution in [0.4, 0.5) is 5.13 Å². The van der Waals surface area contributed by atoms with Gasteiger partial charge in [-0.3, -0.25) is 10.1 Å². The van der Waals surface area contributed by atoms with Crippen LogP contribution in [0.25, 0.3) is 0 Å². The first-order valence-corrected chi connectivity index (χ1v) is 6.34. The maximum atomic E-state index is 11.9. The Morgan fingerprint density at radius 3 is 2.37 bits per heavy atom. The van der Waals surface area contributed by atoms with Gasteiger partial charge >= 0.3 is 5.97 Å². The molecule has 1 aromatic heterocycles. The van der Waals surface area contributed by atoms with Crippen molar-refractivity contribution in [2.75, 3.05) is 12.4 Å². The molecule has 1 amide bonds. The maximum absolute atomic E-state index is 11.9. The Kier molecular flexibility index (Phi) is 3.91. The molecule has 19 heavy (non-hydrogen) atoms. The lowest BCUT2D eigenvalue weighted by Gasteiger charge is -2.03. The molecule has 98 valence electrons. The number of benzene rings is 1. The van der Waals surface area contributed by atoms with E-state index in [4.69, 9.17) is 0 Å². The molecule has 5 nitrogen and oxygen atoms in total. The van der Waals surface area contributed by atoms with Gasteiger partial charge in [0.25, 0.3) is 5.91 Å². The van der Waals surface area contributed by atoms with Crippen LogP contribution in [-0.4, -0.2) is 24.0 Å². The third-order valence-corrected chi connectivity index (χ3v) is 3.24. The van der Waals surface area contributed by atoms with Crippen molar-refractivity contribution in [3.05, 3.63) is 46.5 Å². The first-order chi connectivity index (χ1) is 9.10. The summed E-state index contributed by atoms with van der Waals surface area (Å²) in [5.74, 6) is -0.687. The van der Waals surface area contributed by atoms with Gasteiger partial charge in [0.1, 0.15) is 0 Å². The molecule has 6 heteroatoms. The van der Waals surface area contributed by atoms with Crippen molar-refractivity contribution in [3.63, 3.8) is 0 Å². The predicted molar refractivity (Wildman–Crippen MR) is 72.6 cm³/mol. The fourth-order valence-corrected chi connectivity index (χ4v) is 2.12. The molecule has 0 saturated heterocycles. The van der Waals surface area contributed by atoms with Crippen molar-refractivity contribution in [3.8, 4) is 0 Å². The first-order valence-electron chi connectivity index (χ1n) is 5.52. The molecule has 0 aliphatic heterocycles. The van der Waals surface area contributed by atoms with E-state index < -0.39 is 5.97 Å². The lowest BCUT2D eigenvalue weighted by Crippen LogP contribution is -2.12. The minimum Gasteiger partial charge on any atom is -0.465 e. The van der Waals surface area contributed by atoms with Gasteiger partial charge in [0.05, 0.1) is 12.7 Å². The number of methoxy groups -OCH3 is 1. The van der Waals surface area contributed by atoms with Crippen molar-refractivity contribution >= 4 is 28.3 Å². The van der Waals surface area contributed by atoms with Crippen LogP contribution >= 0.6 is 11.3 Å². The molecule has 0 fully saturated rings. The lowest BCUT2D eigenvalue weighted by atomic mass is 10.1. The molecular formula is C13H12N2O3S. The normalized spacial score (nSPS) is 10.0. The van der Waals surface area contributed by atoms with Gasteiger partial charge in [-0.25, -0.2) is 9.78 Å². The summed E-state index contributed by atoms with van der Waals surface area (Å²) >= 11 is 1.41. The molecule has 0 atom stereocenters. The van der Waals surface area contributed by atoms with Gasteiger partial charge in [0.2, 0.25) is 0 Å². The van der Waals surface area contributed by atoms with Crippen LogP contribution in [0.15, 0.2) is 30.5 Å². The summed E-state index contributed by atoms with van der Waals surface area (Å²) in [6.45, 7) is 1.92. The van der Waals surface area contributed by atoms with Gasteiger partial charge < -0.3 is 4.74 Å². The Labute approximate surface area is 114 Å². The quantitative estimate of drug-likeness (QED) is 0.874. The van der Waals surface area contributed by atoms with Crippen molar-refractivity contribution in [1.29, 1.82) is 0 Å². The Balaban J connectivity index is 2.09. The number of aromatic nitrogens is 1. The highest BCUT2D eigenvalue weighted by Crippen LogP contribution is 2.17. The highest BCUT2D eigenvalue weighted by Gasteiger charge is 2.10. The summed E-state index contributed by atoms with van der Waals surface area (Å²) in [5.41, 5.74) is 0.865. The van der Waals surface area contributed by atoms with E-state index >= 15 is 0 Å². The summed E-state index contributed by atoms with van der Waals surface area (Å²) in [4.78, 5) is 28.2. The number of carbonyl (C=O) groups excluding carboxylic acids is 2. The molecule has 0 radical (unpaired) electrons. The summed E-state index contributed by atoms with van der Waals surface area (Å²) < 4.78 is 4.59. The van der Waals surface area contributed by atoms with Crippen LogP contribution in [0, 0.1) is 6.92 Å². The molecule has 0 spiro atoms. The molecular weight excluding hydrogens is 264 g/mol. The molecule has 0 unspecified atom stereocenters. The topological polar surface area (TPSA) is 68.3 Å². The SMILES string of the molecule is COC(=O)c1ccc(C(=O)Nc2ncc(C)s2)cc1. The zero-order valence-electron chi connectivity index (χ0n) is 10.5. The van der Waals surface area contributed by atoms with E-state index in [1.165, 1.54) is 18.4 Å². The summed E-state index contributed by atoms with van der Waals surface area (Å²) in [5, 5.41) is 3.25. The van der Waals surface area contributed by atoms with Gasteiger partial charge in [-0.05, 0) is 31.2 Å². The zero-order valence-corrected chi connectivity index (χ0v) is 11.3. The molecule has 0 aliphatic carbocycles. The number of nitrogens with zero attached hydrogens (tertiary/aromatic N) is 1. The van der Waals surface area contributed by atoms with Gasteiger partial charge in [0, 0.05) is 16.6 Å². The van der Waals surface area contributed by atoms with E-state index in [-0.39, 0.29) is 5.91 Å². The molecule has 0 bridgehead atoms. The van der Waals surface area contributed by atoms with Crippen molar-refractivity contribution < 1.29 is 14.3 Å². The van der Waals surface area contributed by atoms with E-state index in [1.54, 1.807) is 30.5 Å². The average Bonchev–Trinajstić information content (AvgIpc) is 2.83. The third-order valence-electron chi connectivity index (χ3n) is 2.41. The number of anilines is 1. The fraction of sp³-hybridized carbons (Fsp3) is 0.154. The van der Waals surface area contributed by atoms with E-state index in [9.17, 15) is 9.59 Å². The highest BCUT2D eigenvalue weighted by molar-refractivity contribution is 7.15. The van der Waals surface area contributed by atoms with Gasteiger partial charge in [-0.2, -0.15) is 0 Å². The smallest absolute Gasteiger partial charge is 0.337 e. The number of nitrogens with one attached hydrogen (secondary N) is 1. The molecule has 2 rings (SSSR count). The number of amides is 1. The number of esters is 1. The molecule has 1 aromatic carbocycles. The van der Waals surface area contributed by atoms with Gasteiger partial charge in [0.15, 0.2) is 5.13 Å². The van der Waals surface area contributed by atoms with Crippen molar-refractivity contribution in [2.24, 2.45) is 0 Å². The molecule has 2 aromatic rings. The minimum atomic E-state index is -0.428. The maximum Gasteiger partial charge on any atom is 0.337 e. The van der Waals surface area contributed by atoms with E-state index in [0.717, 1.165) is 4.88 Å². The Morgan fingerprint density at radius 2 is 1.84 bits per heavy atom.